The summed E-state index contributed by atoms with van der Waals surface area (Å²) in [5.41, 5.74) is -0.0112. The van der Waals surface area contributed by atoms with E-state index in [-0.39, 0.29) is 29.6 Å². The van der Waals surface area contributed by atoms with Crippen LogP contribution in [0, 0.1) is 17.8 Å². The number of hydrogen-bond acceptors (Lipinski definition) is 5. The third-order valence-electron chi connectivity index (χ3n) is 6.19. The quantitative estimate of drug-likeness (QED) is 0.747. The maximum Gasteiger partial charge on any atom is 0.410 e. The molecular weight excluding hydrogens is 382 g/mol. The normalized spacial score (nSPS) is 23.4. The van der Waals surface area contributed by atoms with Gasteiger partial charge in [0.2, 0.25) is 0 Å². The van der Waals surface area contributed by atoms with E-state index in [1.807, 2.05) is 43.5 Å². The zero-order chi connectivity index (χ0) is 21.8. The molecule has 2 aromatic rings. The molecule has 3 heterocycles. The van der Waals surface area contributed by atoms with Crippen molar-refractivity contribution in [1.82, 2.24) is 14.3 Å². The second-order valence-electron chi connectivity index (χ2n) is 10.2. The monoisotopic (exact) mass is 413 g/mol. The molecule has 7 heteroatoms. The van der Waals surface area contributed by atoms with Crippen molar-refractivity contribution < 1.29 is 19.1 Å². The van der Waals surface area contributed by atoms with Crippen LogP contribution in [0.1, 0.15) is 46.9 Å². The number of pyridine rings is 1. The molecule has 1 aliphatic heterocycles. The van der Waals surface area contributed by atoms with Crippen molar-refractivity contribution in [3.63, 3.8) is 0 Å². The van der Waals surface area contributed by atoms with Gasteiger partial charge in [-0.05, 0) is 44.7 Å². The average molecular weight is 414 g/mol. The number of hydrogen-bond donors (Lipinski definition) is 0. The molecule has 0 bridgehead atoms. The number of methoxy groups -OCH3 is 1. The van der Waals surface area contributed by atoms with Gasteiger partial charge >= 0.3 is 6.09 Å². The number of imidazole rings is 1. The Morgan fingerprint density at radius 3 is 2.43 bits per heavy atom. The molecule has 0 N–H and O–H groups in total. The number of ether oxygens (including phenoxy) is 2. The van der Waals surface area contributed by atoms with Crippen molar-refractivity contribution >= 4 is 17.4 Å². The highest BCUT2D eigenvalue weighted by Gasteiger charge is 2.60. The number of ketones is 1. The summed E-state index contributed by atoms with van der Waals surface area (Å²) in [6, 6.07) is 3.83. The van der Waals surface area contributed by atoms with E-state index in [0.29, 0.717) is 19.5 Å². The van der Waals surface area contributed by atoms with Crippen LogP contribution in [0.3, 0.4) is 0 Å². The van der Waals surface area contributed by atoms with Crippen LogP contribution in [0.15, 0.2) is 24.5 Å². The third-order valence-corrected chi connectivity index (χ3v) is 6.19. The predicted octanol–water partition coefficient (Wildman–Crippen LogP) is 3.69. The van der Waals surface area contributed by atoms with Gasteiger partial charge in [-0.1, -0.05) is 13.8 Å². The summed E-state index contributed by atoms with van der Waals surface area (Å²) in [7, 11) is 1.64. The molecule has 1 unspecified atom stereocenters. The molecule has 1 saturated carbocycles. The first kappa shape index (κ1) is 20.7. The van der Waals surface area contributed by atoms with Crippen LogP contribution in [-0.2, 0) is 14.9 Å². The standard InChI is InChI=1S/C23H31N3O4/c1-22(2,3)30-21(28)25-12-14-15(13-25)19(14)17(27)10-23(4,5)20-24-11-16-18(29-6)8-7-9-26(16)20/h7-9,11,14-15,19H,10,12-13H2,1-6H3/t14-,15+,19?. The van der Waals surface area contributed by atoms with Crippen LogP contribution in [0.5, 0.6) is 5.75 Å². The Balaban J connectivity index is 1.41. The van der Waals surface area contributed by atoms with Crippen LogP contribution >= 0.6 is 0 Å². The zero-order valence-corrected chi connectivity index (χ0v) is 18.6. The van der Waals surface area contributed by atoms with Gasteiger partial charge in [-0.15, -0.1) is 0 Å². The number of aromatic nitrogens is 2. The number of nitrogens with zero attached hydrogens (tertiary/aromatic N) is 3. The third kappa shape index (κ3) is 3.66. The lowest BCUT2D eigenvalue weighted by atomic mass is 9.84. The van der Waals surface area contributed by atoms with E-state index in [1.54, 1.807) is 18.2 Å². The number of Topliss-reactive ketones (excluding diaryl/α,β-unsaturated/α-hetero) is 1. The minimum Gasteiger partial charge on any atom is -0.494 e. The van der Waals surface area contributed by atoms with Gasteiger partial charge in [0.05, 0.1) is 13.3 Å². The summed E-state index contributed by atoms with van der Waals surface area (Å²) >= 11 is 0. The Hall–Kier alpha value is -2.57. The smallest absolute Gasteiger partial charge is 0.410 e. The molecule has 162 valence electrons. The van der Waals surface area contributed by atoms with Gasteiger partial charge in [0.15, 0.2) is 0 Å². The topological polar surface area (TPSA) is 73.1 Å². The Morgan fingerprint density at radius 1 is 1.17 bits per heavy atom. The lowest BCUT2D eigenvalue weighted by molar-refractivity contribution is -0.122. The predicted molar refractivity (Wildman–Crippen MR) is 113 cm³/mol. The van der Waals surface area contributed by atoms with Crippen LogP contribution in [0.2, 0.25) is 0 Å². The van der Waals surface area contributed by atoms with Crippen LogP contribution in [-0.4, -0.2) is 52.0 Å². The van der Waals surface area contributed by atoms with E-state index >= 15 is 0 Å². The number of carbonyl (C=O) groups is 2. The Bertz CT molecular complexity index is 976. The van der Waals surface area contributed by atoms with Crippen molar-refractivity contribution in [3.05, 3.63) is 30.4 Å². The Labute approximate surface area is 177 Å². The Morgan fingerprint density at radius 2 is 1.83 bits per heavy atom. The van der Waals surface area contributed by atoms with E-state index < -0.39 is 11.0 Å². The minimum atomic E-state index is -0.501. The molecule has 0 spiro atoms. The van der Waals surface area contributed by atoms with E-state index in [4.69, 9.17) is 9.47 Å². The highest BCUT2D eigenvalue weighted by molar-refractivity contribution is 5.86. The van der Waals surface area contributed by atoms with Crippen LogP contribution in [0.25, 0.3) is 5.52 Å². The number of carbonyl (C=O) groups excluding carboxylic acids is 2. The SMILES string of the molecule is COc1cccn2c(C(C)(C)CC(=O)C3[C@H]4CN(C(=O)OC(C)(C)C)C[C@@H]34)ncc12. The molecule has 3 atom stereocenters. The fourth-order valence-corrected chi connectivity index (χ4v) is 4.78. The zero-order valence-electron chi connectivity index (χ0n) is 18.6. The fourth-order valence-electron chi connectivity index (χ4n) is 4.78. The molecule has 2 fully saturated rings. The highest BCUT2D eigenvalue weighted by atomic mass is 16.6. The molecule has 1 saturated heterocycles. The molecule has 7 nitrogen and oxygen atoms in total. The molecule has 4 rings (SSSR count). The lowest BCUT2D eigenvalue weighted by Gasteiger charge is -2.26. The van der Waals surface area contributed by atoms with Gasteiger partial charge in [-0.3, -0.25) is 9.20 Å². The lowest BCUT2D eigenvalue weighted by Crippen LogP contribution is -2.37. The summed E-state index contributed by atoms with van der Waals surface area (Å²) in [4.78, 5) is 31.7. The molecule has 0 radical (unpaired) electrons. The van der Waals surface area contributed by atoms with Gasteiger partial charge < -0.3 is 14.4 Å². The fraction of sp³-hybridized carbons (Fsp3) is 0.609. The van der Waals surface area contributed by atoms with Crippen molar-refractivity contribution in [2.75, 3.05) is 20.2 Å². The van der Waals surface area contributed by atoms with E-state index in [1.165, 1.54) is 0 Å². The summed E-state index contributed by atoms with van der Waals surface area (Å²) in [5, 5.41) is 0. The van der Waals surface area contributed by atoms with Crippen molar-refractivity contribution in [2.45, 2.75) is 52.1 Å². The maximum absolute atomic E-state index is 13.1. The van der Waals surface area contributed by atoms with Gasteiger partial charge in [-0.2, -0.15) is 0 Å². The summed E-state index contributed by atoms with van der Waals surface area (Å²) in [5.74, 6) is 2.45. The van der Waals surface area contributed by atoms with Crippen molar-refractivity contribution in [1.29, 1.82) is 0 Å². The first-order valence-corrected chi connectivity index (χ1v) is 10.5. The first-order chi connectivity index (χ1) is 14.0. The average Bonchev–Trinajstić information content (AvgIpc) is 2.99. The second-order valence-corrected chi connectivity index (χ2v) is 10.2. The van der Waals surface area contributed by atoms with E-state index in [0.717, 1.165) is 17.1 Å². The molecule has 1 amide bonds. The highest BCUT2D eigenvalue weighted by Crippen LogP contribution is 2.53. The number of amides is 1. The van der Waals surface area contributed by atoms with E-state index in [2.05, 4.69) is 18.8 Å². The van der Waals surface area contributed by atoms with Crippen LogP contribution in [0.4, 0.5) is 4.79 Å². The van der Waals surface area contributed by atoms with Crippen molar-refractivity contribution in [3.8, 4) is 5.75 Å². The molecule has 2 aliphatic rings. The first-order valence-electron chi connectivity index (χ1n) is 10.5. The Kier molecular flexibility index (Phi) is 4.83. The second kappa shape index (κ2) is 7.00. The molecule has 2 aromatic heterocycles. The number of fused-ring (bicyclic) bond motifs is 2. The van der Waals surface area contributed by atoms with Crippen molar-refractivity contribution in [2.24, 2.45) is 17.8 Å². The van der Waals surface area contributed by atoms with E-state index in [9.17, 15) is 9.59 Å². The summed E-state index contributed by atoms with van der Waals surface area (Å²) in [6.45, 7) is 10.9. The molecular formula is C23H31N3O4. The van der Waals surface area contributed by atoms with Gasteiger partial charge in [-0.25, -0.2) is 9.78 Å². The number of likely N-dealkylation sites (tertiary alicyclic amines) is 1. The molecule has 1 aliphatic carbocycles. The van der Waals surface area contributed by atoms with Gasteiger partial charge in [0.1, 0.15) is 28.5 Å². The summed E-state index contributed by atoms with van der Waals surface area (Å²) in [6.07, 6.45) is 3.90. The number of rotatable bonds is 5. The number of piperidine rings is 1. The molecule has 0 aromatic carbocycles. The van der Waals surface area contributed by atoms with Gasteiger partial charge in [0.25, 0.3) is 0 Å². The maximum atomic E-state index is 13.1. The van der Waals surface area contributed by atoms with Gasteiger partial charge in [0, 0.05) is 37.0 Å². The summed E-state index contributed by atoms with van der Waals surface area (Å²) < 4.78 is 12.9. The largest absolute Gasteiger partial charge is 0.494 e. The minimum absolute atomic E-state index is 0.0451. The molecule has 30 heavy (non-hydrogen) atoms. The van der Waals surface area contributed by atoms with Crippen LogP contribution < -0.4 is 4.74 Å².